The Morgan fingerprint density at radius 3 is 1.97 bits per heavy atom. The van der Waals surface area contributed by atoms with E-state index in [9.17, 15) is 5.26 Å². The Balaban J connectivity index is 1.38. The highest BCUT2D eigenvalue weighted by molar-refractivity contribution is 5.26. The fourth-order valence-electron chi connectivity index (χ4n) is 6.62. The lowest BCUT2D eigenvalue weighted by molar-refractivity contribution is 0.223. The van der Waals surface area contributed by atoms with E-state index in [2.05, 4.69) is 44.2 Å². The second kappa shape index (κ2) is 14.2. The summed E-state index contributed by atoms with van der Waals surface area (Å²) in [7, 11) is 0. The molecule has 0 N–H and O–H groups in total. The van der Waals surface area contributed by atoms with Gasteiger partial charge < -0.3 is 0 Å². The maximum atomic E-state index is 9.91. The number of hydrogen-bond donors (Lipinski definition) is 0. The highest BCUT2D eigenvalue weighted by Crippen LogP contribution is 2.45. The predicted molar refractivity (Wildman–Crippen MR) is 142 cm³/mol. The smallest absolute Gasteiger partial charge is 0.0689 e. The van der Waals surface area contributed by atoms with Crippen molar-refractivity contribution in [2.45, 2.75) is 142 Å². The first-order valence-electron chi connectivity index (χ1n) is 14.7. The summed E-state index contributed by atoms with van der Waals surface area (Å²) < 4.78 is 0. The van der Waals surface area contributed by atoms with Crippen molar-refractivity contribution in [3.8, 4) is 6.07 Å². The molecule has 0 spiro atoms. The van der Waals surface area contributed by atoms with E-state index in [4.69, 9.17) is 0 Å². The van der Waals surface area contributed by atoms with Gasteiger partial charge in [-0.2, -0.15) is 5.26 Å². The fraction of sp³-hybridized carbons (Fsp3) is 0.781. The highest BCUT2D eigenvalue weighted by Gasteiger charge is 2.35. The standard InChI is InChI=1S/C32H51N/c1-3-5-7-8-9-23-32(26-33)24-21-31(22-25-32)30-19-17-29(18-20-30)16-15-28-13-11-27(12-14-28)10-6-4-2/h17-20,27-28,31H,3-16,21-25H2,1-2H3. The molecule has 1 aromatic carbocycles. The van der Waals surface area contributed by atoms with Crippen LogP contribution < -0.4 is 0 Å². The number of benzene rings is 1. The zero-order chi connectivity index (χ0) is 23.4. The van der Waals surface area contributed by atoms with Gasteiger partial charge >= 0.3 is 0 Å². The molecule has 1 aromatic rings. The summed E-state index contributed by atoms with van der Waals surface area (Å²) in [6.45, 7) is 4.59. The van der Waals surface area contributed by atoms with Crippen LogP contribution in [0.1, 0.15) is 146 Å². The first-order chi connectivity index (χ1) is 16.2. The van der Waals surface area contributed by atoms with E-state index in [0.29, 0.717) is 5.92 Å². The van der Waals surface area contributed by atoms with Crippen molar-refractivity contribution in [1.82, 2.24) is 0 Å². The summed E-state index contributed by atoms with van der Waals surface area (Å²) in [6.07, 6.45) is 25.0. The van der Waals surface area contributed by atoms with Crippen LogP contribution in [0.5, 0.6) is 0 Å². The molecule has 0 saturated heterocycles. The van der Waals surface area contributed by atoms with Crippen LogP contribution in [0.25, 0.3) is 0 Å². The number of nitrogens with zero attached hydrogens (tertiary/aromatic N) is 1. The van der Waals surface area contributed by atoms with Crippen molar-refractivity contribution in [2.24, 2.45) is 17.3 Å². The molecule has 0 bridgehead atoms. The monoisotopic (exact) mass is 449 g/mol. The SMILES string of the molecule is CCCCCCCC1(C#N)CCC(c2ccc(CCC3CCC(CCCC)CC3)cc2)CC1. The molecule has 2 fully saturated rings. The lowest BCUT2D eigenvalue weighted by atomic mass is 9.67. The lowest BCUT2D eigenvalue weighted by Crippen LogP contribution is -2.25. The molecule has 184 valence electrons. The molecule has 1 heteroatoms. The Morgan fingerprint density at radius 1 is 0.758 bits per heavy atom. The number of rotatable bonds is 13. The molecule has 33 heavy (non-hydrogen) atoms. The summed E-state index contributed by atoms with van der Waals surface area (Å²) in [4.78, 5) is 0. The molecule has 3 rings (SSSR count). The second-order valence-electron chi connectivity index (χ2n) is 11.6. The van der Waals surface area contributed by atoms with Crippen molar-refractivity contribution < 1.29 is 0 Å². The van der Waals surface area contributed by atoms with E-state index in [-0.39, 0.29) is 5.41 Å². The van der Waals surface area contributed by atoms with Crippen LogP contribution in [0, 0.1) is 28.6 Å². The van der Waals surface area contributed by atoms with Gasteiger partial charge in [0.25, 0.3) is 0 Å². The molecule has 0 radical (unpaired) electrons. The van der Waals surface area contributed by atoms with Crippen molar-refractivity contribution in [3.63, 3.8) is 0 Å². The van der Waals surface area contributed by atoms with E-state index < -0.39 is 0 Å². The Hall–Kier alpha value is -1.29. The molecule has 0 atom stereocenters. The van der Waals surface area contributed by atoms with Gasteiger partial charge in [-0.15, -0.1) is 0 Å². The average Bonchev–Trinajstić information content (AvgIpc) is 2.87. The minimum absolute atomic E-state index is 0.0296. The number of nitriles is 1. The summed E-state index contributed by atoms with van der Waals surface area (Å²) in [5.74, 6) is 2.65. The van der Waals surface area contributed by atoms with Gasteiger partial charge in [0.05, 0.1) is 11.5 Å². The molecule has 0 heterocycles. The highest BCUT2D eigenvalue weighted by atomic mass is 14.4. The van der Waals surface area contributed by atoms with Gasteiger partial charge in [0.2, 0.25) is 0 Å². The van der Waals surface area contributed by atoms with Crippen molar-refractivity contribution >= 4 is 0 Å². The third kappa shape index (κ3) is 8.46. The predicted octanol–water partition coefficient (Wildman–Crippen LogP) is 10.1. The Morgan fingerprint density at radius 2 is 1.36 bits per heavy atom. The maximum Gasteiger partial charge on any atom is 0.0689 e. The van der Waals surface area contributed by atoms with Crippen LogP contribution >= 0.6 is 0 Å². The number of aryl methyl sites for hydroxylation is 1. The average molecular weight is 450 g/mol. The van der Waals surface area contributed by atoms with Crippen LogP contribution in [-0.4, -0.2) is 0 Å². The molecule has 2 aliphatic rings. The van der Waals surface area contributed by atoms with Gasteiger partial charge in [0.15, 0.2) is 0 Å². The molecule has 0 aromatic heterocycles. The molecule has 0 amide bonds. The Labute approximate surface area is 205 Å². The van der Waals surface area contributed by atoms with Crippen molar-refractivity contribution in [3.05, 3.63) is 35.4 Å². The quantitative estimate of drug-likeness (QED) is 0.275. The zero-order valence-corrected chi connectivity index (χ0v) is 21.9. The van der Waals surface area contributed by atoms with Gasteiger partial charge in [-0.05, 0) is 73.8 Å². The van der Waals surface area contributed by atoms with Crippen LogP contribution in [0.2, 0.25) is 0 Å². The molecule has 2 saturated carbocycles. The van der Waals surface area contributed by atoms with E-state index in [1.54, 1.807) is 0 Å². The van der Waals surface area contributed by atoms with Crippen molar-refractivity contribution in [1.29, 1.82) is 5.26 Å². The largest absolute Gasteiger partial charge is 0.198 e. The summed E-state index contributed by atoms with van der Waals surface area (Å²) in [6, 6.07) is 12.4. The fourth-order valence-corrected chi connectivity index (χ4v) is 6.62. The maximum absolute atomic E-state index is 9.91. The number of unbranched alkanes of at least 4 members (excludes halogenated alkanes) is 5. The first kappa shape index (κ1) is 26.3. The molecule has 2 aliphatic carbocycles. The van der Waals surface area contributed by atoms with E-state index in [1.807, 2.05) is 0 Å². The number of hydrogen-bond acceptors (Lipinski definition) is 1. The molecule has 0 unspecified atom stereocenters. The summed E-state index contributed by atoms with van der Waals surface area (Å²) in [5, 5.41) is 9.91. The van der Waals surface area contributed by atoms with Gasteiger partial charge in [-0.25, -0.2) is 0 Å². The van der Waals surface area contributed by atoms with E-state index in [1.165, 1.54) is 114 Å². The molecule has 1 nitrogen and oxygen atoms in total. The van der Waals surface area contributed by atoms with Gasteiger partial charge in [-0.1, -0.05) is 115 Å². The van der Waals surface area contributed by atoms with E-state index >= 15 is 0 Å². The molecular formula is C32H51N. The second-order valence-corrected chi connectivity index (χ2v) is 11.6. The van der Waals surface area contributed by atoms with Crippen LogP contribution in [0.15, 0.2) is 24.3 Å². The first-order valence-corrected chi connectivity index (χ1v) is 14.7. The Bertz CT molecular complexity index is 680. The lowest BCUT2D eigenvalue weighted by Gasteiger charge is -2.35. The van der Waals surface area contributed by atoms with Crippen molar-refractivity contribution in [2.75, 3.05) is 0 Å². The third-order valence-corrected chi connectivity index (χ3v) is 9.16. The molecular weight excluding hydrogens is 398 g/mol. The minimum Gasteiger partial charge on any atom is -0.198 e. The summed E-state index contributed by atoms with van der Waals surface area (Å²) in [5.41, 5.74) is 3.02. The van der Waals surface area contributed by atoms with E-state index in [0.717, 1.165) is 31.1 Å². The van der Waals surface area contributed by atoms with Gasteiger partial charge in [-0.3, -0.25) is 0 Å². The molecule has 0 aliphatic heterocycles. The third-order valence-electron chi connectivity index (χ3n) is 9.16. The van der Waals surface area contributed by atoms with Crippen LogP contribution in [-0.2, 0) is 6.42 Å². The van der Waals surface area contributed by atoms with Crippen LogP contribution in [0.3, 0.4) is 0 Å². The topological polar surface area (TPSA) is 23.8 Å². The Kier molecular flexibility index (Phi) is 11.3. The van der Waals surface area contributed by atoms with Gasteiger partial charge in [0, 0.05) is 0 Å². The van der Waals surface area contributed by atoms with Gasteiger partial charge in [0.1, 0.15) is 0 Å². The van der Waals surface area contributed by atoms with Crippen LogP contribution in [0.4, 0.5) is 0 Å². The minimum atomic E-state index is -0.0296. The zero-order valence-electron chi connectivity index (χ0n) is 21.9. The summed E-state index contributed by atoms with van der Waals surface area (Å²) >= 11 is 0. The normalized spacial score (nSPS) is 27.8.